The van der Waals surface area contributed by atoms with Gasteiger partial charge in [0.25, 0.3) is 17.7 Å². The average Bonchev–Trinajstić information content (AvgIpc) is 3.87. The lowest BCUT2D eigenvalue weighted by atomic mass is 9.96. The van der Waals surface area contributed by atoms with Crippen LogP contribution in [0.4, 0.5) is 11.5 Å². The molecule has 3 saturated heterocycles. The van der Waals surface area contributed by atoms with Crippen molar-refractivity contribution in [2.24, 2.45) is 17.8 Å². The Morgan fingerprint density at radius 2 is 1.61 bits per heavy atom. The van der Waals surface area contributed by atoms with Crippen LogP contribution >= 0.6 is 11.6 Å². The SMILES string of the molecule is N#Cc1ccc(OC2C[C@H]3CC(NC(=O)c4cnc(N5CCC(CN6CCN(c7ccc8c(c7)C(=O)N(C7CCC(=O)NC7=O)C8=O)CC6)CC5)cn4)C[C@H]3C2)cc1Cl. The zero-order valence-corrected chi connectivity index (χ0v) is 33.4. The van der Waals surface area contributed by atoms with Crippen LogP contribution in [0.2, 0.25) is 5.02 Å². The molecule has 0 spiro atoms. The Kier molecular flexibility index (Phi) is 10.7. The highest BCUT2D eigenvalue weighted by molar-refractivity contribution is 6.31. The summed E-state index contributed by atoms with van der Waals surface area (Å²) in [5.41, 5.74) is 2.23. The van der Waals surface area contributed by atoms with Gasteiger partial charge < -0.3 is 19.9 Å². The van der Waals surface area contributed by atoms with Crippen LogP contribution in [0, 0.1) is 29.1 Å². The summed E-state index contributed by atoms with van der Waals surface area (Å²) >= 11 is 6.18. The molecule has 306 valence electrons. The second-order valence-corrected chi connectivity index (χ2v) is 17.2. The van der Waals surface area contributed by atoms with Crippen molar-refractivity contribution in [2.75, 3.05) is 55.6 Å². The van der Waals surface area contributed by atoms with Crippen LogP contribution in [0.5, 0.6) is 5.75 Å². The Morgan fingerprint density at radius 3 is 2.29 bits per heavy atom. The van der Waals surface area contributed by atoms with Crippen molar-refractivity contribution in [3.05, 3.63) is 76.2 Å². The maximum absolute atomic E-state index is 13.3. The van der Waals surface area contributed by atoms with Crippen LogP contribution in [-0.2, 0) is 9.59 Å². The summed E-state index contributed by atoms with van der Waals surface area (Å²) in [7, 11) is 0. The minimum absolute atomic E-state index is 0.0891. The van der Waals surface area contributed by atoms with E-state index in [1.165, 1.54) is 0 Å². The number of amides is 5. The van der Waals surface area contributed by atoms with Crippen molar-refractivity contribution < 1.29 is 28.7 Å². The lowest BCUT2D eigenvalue weighted by Gasteiger charge is -2.39. The number of hydrogen-bond donors (Lipinski definition) is 2. The van der Waals surface area contributed by atoms with Crippen LogP contribution in [0.3, 0.4) is 0 Å². The largest absolute Gasteiger partial charge is 0.490 e. The van der Waals surface area contributed by atoms with Gasteiger partial charge in [-0.1, -0.05) is 11.6 Å². The molecule has 59 heavy (non-hydrogen) atoms. The summed E-state index contributed by atoms with van der Waals surface area (Å²) in [6.45, 7) is 6.10. The van der Waals surface area contributed by atoms with Crippen LogP contribution in [0.15, 0.2) is 48.8 Å². The number of piperazine rings is 1. The van der Waals surface area contributed by atoms with E-state index in [0.29, 0.717) is 50.9 Å². The van der Waals surface area contributed by atoms with E-state index in [2.05, 4.69) is 41.4 Å². The van der Waals surface area contributed by atoms with Gasteiger partial charge in [-0.05, 0) is 93.0 Å². The van der Waals surface area contributed by atoms with E-state index in [9.17, 15) is 24.0 Å². The quantitative estimate of drug-likeness (QED) is 0.299. The van der Waals surface area contributed by atoms with E-state index < -0.39 is 29.7 Å². The molecule has 16 heteroatoms. The van der Waals surface area contributed by atoms with Crippen molar-refractivity contribution in [1.29, 1.82) is 5.26 Å². The molecule has 5 heterocycles. The number of ether oxygens (including phenoxy) is 1. The molecule has 0 bridgehead atoms. The van der Waals surface area contributed by atoms with Crippen molar-refractivity contribution in [3.8, 4) is 11.8 Å². The smallest absolute Gasteiger partial charge is 0.271 e. The monoisotopic (exact) mass is 819 g/mol. The van der Waals surface area contributed by atoms with Crippen molar-refractivity contribution >= 4 is 52.6 Å². The molecule has 2 aliphatic carbocycles. The minimum atomic E-state index is -0.976. The van der Waals surface area contributed by atoms with Crippen LogP contribution in [0.25, 0.3) is 0 Å². The van der Waals surface area contributed by atoms with E-state index in [1.807, 2.05) is 6.07 Å². The fourth-order valence-electron chi connectivity index (χ4n) is 10.0. The first-order valence-electron chi connectivity index (χ1n) is 20.7. The number of imide groups is 2. The third-order valence-corrected chi connectivity index (χ3v) is 13.5. The molecule has 1 aromatic heterocycles. The Labute approximate surface area is 347 Å². The van der Waals surface area contributed by atoms with Gasteiger partial charge in [-0.15, -0.1) is 0 Å². The first kappa shape index (κ1) is 38.9. The van der Waals surface area contributed by atoms with Crippen molar-refractivity contribution in [1.82, 2.24) is 30.4 Å². The summed E-state index contributed by atoms with van der Waals surface area (Å²) in [5.74, 6) is 0.819. The Morgan fingerprint density at radius 1 is 0.864 bits per heavy atom. The van der Waals surface area contributed by atoms with Gasteiger partial charge in [-0.2, -0.15) is 5.26 Å². The number of carbonyl (C=O) groups excluding carboxylic acids is 5. The Bertz CT molecular complexity index is 2200. The molecular weight excluding hydrogens is 774 g/mol. The van der Waals surface area contributed by atoms with Gasteiger partial charge in [0.2, 0.25) is 11.8 Å². The number of hydrogen-bond acceptors (Lipinski definition) is 12. The van der Waals surface area contributed by atoms with Gasteiger partial charge in [-0.3, -0.25) is 39.1 Å². The molecule has 5 amide bonds. The summed E-state index contributed by atoms with van der Waals surface area (Å²) in [4.78, 5) is 80.7. The number of piperidine rings is 2. The number of halogens is 1. The fraction of sp³-hybridized carbons (Fsp3) is 0.488. The first-order chi connectivity index (χ1) is 28.6. The highest BCUT2D eigenvalue weighted by atomic mass is 35.5. The molecular formula is C43H46ClN9O6. The number of nitrogens with one attached hydrogen (secondary N) is 2. The molecule has 3 aromatic rings. The number of nitrogens with zero attached hydrogens (tertiary/aromatic N) is 7. The molecule has 2 aromatic carbocycles. The normalized spacial score (nSPS) is 26.1. The maximum Gasteiger partial charge on any atom is 0.271 e. The molecule has 9 rings (SSSR count). The van der Waals surface area contributed by atoms with E-state index >= 15 is 0 Å². The van der Waals surface area contributed by atoms with E-state index in [1.54, 1.807) is 42.7 Å². The van der Waals surface area contributed by atoms with E-state index in [4.69, 9.17) is 21.6 Å². The lowest BCUT2D eigenvalue weighted by Crippen LogP contribution is -2.54. The molecule has 2 N–H and O–H groups in total. The number of rotatable bonds is 9. The maximum atomic E-state index is 13.3. The van der Waals surface area contributed by atoms with E-state index in [0.717, 1.165) is 101 Å². The highest BCUT2D eigenvalue weighted by Gasteiger charge is 2.45. The third-order valence-electron chi connectivity index (χ3n) is 13.2. The van der Waals surface area contributed by atoms with E-state index in [-0.39, 0.29) is 30.9 Å². The second-order valence-electron chi connectivity index (χ2n) is 16.8. The predicted octanol–water partition coefficient (Wildman–Crippen LogP) is 3.81. The molecule has 6 aliphatic rings. The fourth-order valence-corrected chi connectivity index (χ4v) is 10.3. The molecule has 0 radical (unpaired) electrons. The minimum Gasteiger partial charge on any atom is -0.490 e. The van der Waals surface area contributed by atoms with Crippen LogP contribution in [0.1, 0.15) is 88.1 Å². The lowest BCUT2D eigenvalue weighted by molar-refractivity contribution is -0.136. The molecule has 5 atom stereocenters. The summed E-state index contributed by atoms with van der Waals surface area (Å²) in [6.07, 6.45) is 9.37. The first-order valence-corrected chi connectivity index (χ1v) is 21.0. The molecule has 3 unspecified atom stereocenters. The Hall–Kier alpha value is -5.59. The summed E-state index contributed by atoms with van der Waals surface area (Å²) in [5, 5.41) is 15.0. The summed E-state index contributed by atoms with van der Waals surface area (Å²) < 4.78 is 6.19. The van der Waals surface area contributed by atoms with Crippen LogP contribution in [-0.4, -0.2) is 113 Å². The second kappa shape index (κ2) is 16.2. The van der Waals surface area contributed by atoms with Gasteiger partial charge in [-0.25, -0.2) is 9.97 Å². The number of nitriles is 1. The summed E-state index contributed by atoms with van der Waals surface area (Å²) in [6, 6.07) is 11.7. The van der Waals surface area contributed by atoms with Gasteiger partial charge in [0.15, 0.2) is 0 Å². The van der Waals surface area contributed by atoms with Crippen molar-refractivity contribution in [2.45, 2.75) is 69.6 Å². The number of fused-ring (bicyclic) bond motifs is 2. The Balaban J connectivity index is 0.695. The van der Waals surface area contributed by atoms with Gasteiger partial charge in [0, 0.05) is 70.0 Å². The average molecular weight is 820 g/mol. The van der Waals surface area contributed by atoms with Gasteiger partial charge >= 0.3 is 0 Å². The van der Waals surface area contributed by atoms with Crippen molar-refractivity contribution in [3.63, 3.8) is 0 Å². The van der Waals surface area contributed by atoms with Crippen LogP contribution < -0.4 is 25.2 Å². The number of benzene rings is 2. The number of aromatic nitrogens is 2. The standard InChI is InChI=1S/C43H46ClN9O6/c44-35-20-31(3-1-26(35)21-45)59-32-17-27-15-29(16-28(27)18-32)48-40(55)36-22-47-38(23-46-36)52-9-7-25(8-10-52)24-50-11-13-51(14-12-50)30-2-4-33-34(19-30)43(58)53(42(33)57)37-5-6-39(54)49-41(37)56/h1-4,19-20,22-23,25,27-29,32,37H,5-18,24H2,(H,48,55)(H,49,54,56)/t27-,28+,29?,32?,37?. The topological polar surface area (TPSA) is 181 Å². The molecule has 15 nitrogen and oxygen atoms in total. The van der Waals surface area contributed by atoms with Gasteiger partial charge in [0.05, 0.1) is 40.2 Å². The number of carbonyl (C=O) groups is 5. The number of anilines is 2. The zero-order valence-electron chi connectivity index (χ0n) is 32.6. The molecule has 2 saturated carbocycles. The molecule has 4 aliphatic heterocycles. The highest BCUT2D eigenvalue weighted by Crippen LogP contribution is 2.45. The van der Waals surface area contributed by atoms with Gasteiger partial charge in [0.1, 0.15) is 29.4 Å². The third kappa shape index (κ3) is 7.95. The molecule has 5 fully saturated rings. The predicted molar refractivity (Wildman–Crippen MR) is 216 cm³/mol. The zero-order chi connectivity index (χ0) is 40.8.